The predicted molar refractivity (Wildman–Crippen MR) is 91.8 cm³/mol. The molecule has 3 rings (SSSR count). The van der Waals surface area contributed by atoms with Crippen molar-refractivity contribution in [1.82, 2.24) is 10.2 Å². The first kappa shape index (κ1) is 15.5. The summed E-state index contributed by atoms with van der Waals surface area (Å²) in [5.74, 6) is -0.234. The molecule has 1 fully saturated rings. The molecule has 1 aromatic carbocycles. The number of nitrogens with one attached hydrogen (secondary N) is 1. The molecule has 1 atom stereocenters. The van der Waals surface area contributed by atoms with E-state index in [0.29, 0.717) is 19.5 Å². The number of thiophene rings is 1. The molecule has 2 aromatic rings. The van der Waals surface area contributed by atoms with Crippen LogP contribution in [0.3, 0.4) is 0 Å². The van der Waals surface area contributed by atoms with Crippen molar-refractivity contribution in [3.05, 3.63) is 64.4 Å². The van der Waals surface area contributed by atoms with Crippen LogP contribution in [0.15, 0.2) is 53.2 Å². The van der Waals surface area contributed by atoms with Gasteiger partial charge in [-0.1, -0.05) is 30.3 Å². The minimum absolute atomic E-state index is 0.00821. The standard InChI is InChI=1S/C18H18N2O2S/c21-17(7-6-15-9-11-23-13-15)19-16-8-10-20(18(16)22)12-14-4-2-1-3-5-14/h1-7,9,11,13,16H,8,10,12H2,(H,19,21)/b7-6+/t16-/m1/s1. The van der Waals surface area contributed by atoms with Crippen LogP contribution in [-0.2, 0) is 16.1 Å². The van der Waals surface area contributed by atoms with Crippen LogP contribution in [0.4, 0.5) is 0 Å². The van der Waals surface area contributed by atoms with E-state index in [1.807, 2.05) is 47.2 Å². The van der Waals surface area contributed by atoms with Crippen LogP contribution in [-0.4, -0.2) is 29.3 Å². The second-order valence-corrected chi connectivity index (χ2v) is 6.27. The predicted octanol–water partition coefficient (Wildman–Crippen LogP) is 2.68. The molecule has 0 radical (unpaired) electrons. The quantitative estimate of drug-likeness (QED) is 0.859. The van der Waals surface area contributed by atoms with E-state index in [-0.39, 0.29) is 11.8 Å². The fourth-order valence-electron chi connectivity index (χ4n) is 2.60. The fourth-order valence-corrected chi connectivity index (χ4v) is 3.22. The number of likely N-dealkylation sites (tertiary alicyclic amines) is 1. The Bertz CT molecular complexity index is 695. The van der Waals surface area contributed by atoms with Crippen LogP contribution < -0.4 is 5.32 Å². The van der Waals surface area contributed by atoms with Gasteiger partial charge in [-0.3, -0.25) is 9.59 Å². The van der Waals surface area contributed by atoms with Gasteiger partial charge in [-0.05, 0) is 40.5 Å². The second-order valence-electron chi connectivity index (χ2n) is 5.49. The monoisotopic (exact) mass is 326 g/mol. The van der Waals surface area contributed by atoms with Gasteiger partial charge in [0.15, 0.2) is 0 Å². The highest BCUT2D eigenvalue weighted by molar-refractivity contribution is 7.08. The van der Waals surface area contributed by atoms with E-state index in [9.17, 15) is 9.59 Å². The van der Waals surface area contributed by atoms with E-state index in [1.54, 1.807) is 22.3 Å². The lowest BCUT2D eigenvalue weighted by Crippen LogP contribution is -2.40. The highest BCUT2D eigenvalue weighted by atomic mass is 32.1. The molecule has 0 unspecified atom stereocenters. The van der Waals surface area contributed by atoms with Gasteiger partial charge in [0.2, 0.25) is 11.8 Å². The number of amides is 2. The van der Waals surface area contributed by atoms with E-state index in [4.69, 9.17) is 0 Å². The van der Waals surface area contributed by atoms with E-state index in [1.165, 1.54) is 6.08 Å². The van der Waals surface area contributed by atoms with Crippen LogP contribution in [0.1, 0.15) is 17.5 Å². The van der Waals surface area contributed by atoms with Gasteiger partial charge < -0.3 is 10.2 Å². The highest BCUT2D eigenvalue weighted by Gasteiger charge is 2.32. The molecule has 4 nitrogen and oxygen atoms in total. The fraction of sp³-hybridized carbons (Fsp3) is 0.222. The molecule has 0 spiro atoms. The van der Waals surface area contributed by atoms with E-state index >= 15 is 0 Å². The van der Waals surface area contributed by atoms with Gasteiger partial charge in [-0.2, -0.15) is 11.3 Å². The highest BCUT2D eigenvalue weighted by Crippen LogP contribution is 2.15. The first-order valence-electron chi connectivity index (χ1n) is 7.56. The summed E-state index contributed by atoms with van der Waals surface area (Å²) in [7, 11) is 0. The molecule has 1 aliphatic rings. The molecule has 0 saturated carbocycles. The summed E-state index contributed by atoms with van der Waals surface area (Å²) in [4.78, 5) is 26.1. The lowest BCUT2D eigenvalue weighted by atomic mass is 10.2. The number of hydrogen-bond donors (Lipinski definition) is 1. The van der Waals surface area contributed by atoms with Crippen LogP contribution in [0.5, 0.6) is 0 Å². The summed E-state index contributed by atoms with van der Waals surface area (Å²) in [6, 6.07) is 11.4. The van der Waals surface area contributed by atoms with Gasteiger partial charge in [0.1, 0.15) is 6.04 Å². The normalized spacial score (nSPS) is 17.8. The van der Waals surface area contributed by atoms with Crippen LogP contribution in [0, 0.1) is 0 Å². The Balaban J connectivity index is 1.53. The average molecular weight is 326 g/mol. The van der Waals surface area contributed by atoms with Crippen LogP contribution >= 0.6 is 11.3 Å². The Morgan fingerprint density at radius 1 is 1.30 bits per heavy atom. The number of rotatable bonds is 5. The van der Waals surface area contributed by atoms with E-state index < -0.39 is 6.04 Å². The average Bonchev–Trinajstić information content (AvgIpc) is 3.19. The summed E-state index contributed by atoms with van der Waals surface area (Å²) in [6.45, 7) is 1.27. The molecule has 1 aliphatic heterocycles. The zero-order chi connectivity index (χ0) is 16.1. The Labute approximate surface area is 139 Å². The maximum atomic E-state index is 12.4. The summed E-state index contributed by atoms with van der Waals surface area (Å²) in [5.41, 5.74) is 2.10. The van der Waals surface area contributed by atoms with Crippen molar-refractivity contribution in [2.24, 2.45) is 0 Å². The lowest BCUT2D eigenvalue weighted by Gasteiger charge is -2.16. The minimum Gasteiger partial charge on any atom is -0.341 e. The molecule has 118 valence electrons. The molecule has 0 aliphatic carbocycles. The van der Waals surface area contributed by atoms with Crippen molar-refractivity contribution in [1.29, 1.82) is 0 Å². The first-order valence-corrected chi connectivity index (χ1v) is 8.50. The van der Waals surface area contributed by atoms with Crippen molar-refractivity contribution in [2.45, 2.75) is 19.0 Å². The van der Waals surface area contributed by atoms with Gasteiger partial charge in [0, 0.05) is 19.2 Å². The number of hydrogen-bond acceptors (Lipinski definition) is 3. The maximum absolute atomic E-state index is 12.4. The Morgan fingerprint density at radius 2 is 2.13 bits per heavy atom. The minimum atomic E-state index is -0.418. The van der Waals surface area contributed by atoms with Gasteiger partial charge in [0.05, 0.1) is 0 Å². The molecule has 5 heteroatoms. The number of carbonyl (C=O) groups excluding carboxylic acids is 2. The van der Waals surface area contributed by atoms with Gasteiger partial charge in [-0.15, -0.1) is 0 Å². The van der Waals surface area contributed by atoms with Crippen LogP contribution in [0.2, 0.25) is 0 Å². The van der Waals surface area contributed by atoms with Gasteiger partial charge in [-0.25, -0.2) is 0 Å². The third-order valence-electron chi connectivity index (χ3n) is 3.80. The van der Waals surface area contributed by atoms with Crippen LogP contribution in [0.25, 0.3) is 6.08 Å². The van der Waals surface area contributed by atoms with E-state index in [2.05, 4.69) is 5.32 Å². The summed E-state index contributed by atoms with van der Waals surface area (Å²) in [5, 5.41) is 6.72. The SMILES string of the molecule is O=C(/C=C/c1ccsc1)N[C@@H]1CCN(Cc2ccccc2)C1=O. The molecular formula is C18H18N2O2S. The number of benzene rings is 1. The molecule has 1 N–H and O–H groups in total. The Morgan fingerprint density at radius 3 is 2.87 bits per heavy atom. The molecule has 1 saturated heterocycles. The molecule has 0 bridgehead atoms. The topological polar surface area (TPSA) is 49.4 Å². The van der Waals surface area contributed by atoms with Crippen molar-refractivity contribution in [3.63, 3.8) is 0 Å². The third kappa shape index (κ3) is 4.07. The number of nitrogens with zero attached hydrogens (tertiary/aromatic N) is 1. The molecular weight excluding hydrogens is 308 g/mol. The largest absolute Gasteiger partial charge is 0.341 e. The number of carbonyl (C=O) groups is 2. The zero-order valence-corrected chi connectivity index (χ0v) is 13.5. The Hall–Kier alpha value is -2.40. The Kier molecular flexibility index (Phi) is 4.88. The zero-order valence-electron chi connectivity index (χ0n) is 12.6. The maximum Gasteiger partial charge on any atom is 0.245 e. The van der Waals surface area contributed by atoms with Crippen molar-refractivity contribution < 1.29 is 9.59 Å². The molecule has 2 heterocycles. The van der Waals surface area contributed by atoms with E-state index in [0.717, 1.165) is 11.1 Å². The molecule has 2 amide bonds. The van der Waals surface area contributed by atoms with Gasteiger partial charge in [0.25, 0.3) is 0 Å². The van der Waals surface area contributed by atoms with Crippen molar-refractivity contribution in [3.8, 4) is 0 Å². The summed E-state index contributed by atoms with van der Waals surface area (Å²) < 4.78 is 0. The second kappa shape index (κ2) is 7.24. The first-order chi connectivity index (χ1) is 11.2. The van der Waals surface area contributed by atoms with Gasteiger partial charge >= 0.3 is 0 Å². The molecule has 23 heavy (non-hydrogen) atoms. The van der Waals surface area contributed by atoms with Crippen molar-refractivity contribution >= 4 is 29.2 Å². The smallest absolute Gasteiger partial charge is 0.245 e. The molecule has 1 aromatic heterocycles. The lowest BCUT2D eigenvalue weighted by molar-refractivity contribution is -0.132. The summed E-state index contributed by atoms with van der Waals surface area (Å²) in [6.07, 6.45) is 3.89. The third-order valence-corrected chi connectivity index (χ3v) is 4.50. The summed E-state index contributed by atoms with van der Waals surface area (Å²) >= 11 is 1.58. The van der Waals surface area contributed by atoms with Crippen molar-refractivity contribution in [2.75, 3.05) is 6.54 Å².